The quantitative estimate of drug-likeness (QED) is 0.625. The van der Waals surface area contributed by atoms with Gasteiger partial charge in [0.2, 0.25) is 0 Å². The smallest absolute Gasteiger partial charge is 0.321 e. The first-order chi connectivity index (χ1) is 7.11. The van der Waals surface area contributed by atoms with Crippen LogP contribution in [-0.4, -0.2) is 22.9 Å². The molecule has 3 N–H and O–H groups in total. The van der Waals surface area contributed by atoms with Gasteiger partial charge in [0.15, 0.2) is 0 Å². The molecule has 0 atom stereocenters. The van der Waals surface area contributed by atoms with Gasteiger partial charge in [-0.25, -0.2) is 0 Å². The molecule has 1 fully saturated rings. The number of nitrogens with one attached hydrogen (secondary N) is 1. The van der Waals surface area contributed by atoms with Crippen LogP contribution in [0.2, 0.25) is 0 Å². The molecule has 0 aromatic heterocycles. The Hall–Kier alpha value is -0.670. The van der Waals surface area contributed by atoms with E-state index in [1.165, 1.54) is 38.1 Å². The van der Waals surface area contributed by atoms with Crippen molar-refractivity contribution in [2.75, 3.05) is 13.1 Å². The van der Waals surface area contributed by atoms with Crippen LogP contribution in [0, 0.1) is 0 Å². The van der Waals surface area contributed by atoms with E-state index in [2.05, 4.69) is 5.32 Å². The van der Waals surface area contributed by atoms with Gasteiger partial charge in [0.25, 0.3) is 0 Å². The van der Waals surface area contributed by atoms with Crippen LogP contribution in [-0.2, 0) is 4.57 Å². The summed E-state index contributed by atoms with van der Waals surface area (Å²) in [6, 6.07) is 7.70. The summed E-state index contributed by atoms with van der Waals surface area (Å²) in [6.45, 7) is 2.50. The fourth-order valence-electron chi connectivity index (χ4n) is 1.25. The Kier molecular flexibility index (Phi) is 4.99. The summed E-state index contributed by atoms with van der Waals surface area (Å²) in [5.41, 5.74) is 0. The Morgan fingerprint density at radius 3 is 1.87 bits per heavy atom. The van der Waals surface area contributed by atoms with E-state index >= 15 is 0 Å². The molecule has 15 heavy (non-hydrogen) atoms. The SMILES string of the molecule is C1CCNC1.O=P(O)(O)c1ccccc1. The van der Waals surface area contributed by atoms with Gasteiger partial charge in [-0.2, -0.15) is 0 Å². The Balaban J connectivity index is 0.000000187. The molecule has 0 amide bonds. The molecule has 0 saturated carbocycles. The predicted molar refractivity (Wildman–Crippen MR) is 60.2 cm³/mol. The van der Waals surface area contributed by atoms with Gasteiger partial charge < -0.3 is 15.1 Å². The van der Waals surface area contributed by atoms with Gasteiger partial charge in [-0.3, -0.25) is 4.57 Å². The van der Waals surface area contributed by atoms with Crippen molar-refractivity contribution >= 4 is 12.9 Å². The minimum Gasteiger partial charge on any atom is -0.321 e. The summed E-state index contributed by atoms with van der Waals surface area (Å²) >= 11 is 0. The first kappa shape index (κ1) is 12.4. The normalized spacial score (nSPS) is 15.6. The van der Waals surface area contributed by atoms with E-state index in [0.29, 0.717) is 0 Å². The van der Waals surface area contributed by atoms with Gasteiger partial charge >= 0.3 is 7.60 Å². The van der Waals surface area contributed by atoms with Crippen LogP contribution in [0.4, 0.5) is 0 Å². The summed E-state index contributed by atoms with van der Waals surface area (Å²) in [5, 5.41) is 3.29. The summed E-state index contributed by atoms with van der Waals surface area (Å²) < 4.78 is 10.5. The Labute approximate surface area is 89.5 Å². The van der Waals surface area contributed by atoms with Gasteiger partial charge in [0.05, 0.1) is 5.30 Å². The second-order valence-electron chi connectivity index (χ2n) is 3.34. The largest absolute Gasteiger partial charge is 0.356 e. The highest BCUT2D eigenvalue weighted by Crippen LogP contribution is 2.32. The number of hydrogen-bond acceptors (Lipinski definition) is 2. The predicted octanol–water partition coefficient (Wildman–Crippen LogP) is 0.859. The van der Waals surface area contributed by atoms with E-state index in [4.69, 9.17) is 9.79 Å². The molecule has 1 heterocycles. The molecule has 4 nitrogen and oxygen atoms in total. The van der Waals surface area contributed by atoms with Gasteiger partial charge in [-0.15, -0.1) is 0 Å². The molecular formula is C10H16NO3P. The third-order valence-corrected chi connectivity index (χ3v) is 3.02. The molecule has 0 unspecified atom stereocenters. The minimum atomic E-state index is -4.02. The summed E-state index contributed by atoms with van der Waals surface area (Å²) in [5.74, 6) is 0. The molecule has 1 aliphatic rings. The molecule has 2 rings (SSSR count). The van der Waals surface area contributed by atoms with Crippen LogP contribution < -0.4 is 10.6 Å². The average Bonchev–Trinajstić information content (AvgIpc) is 2.76. The minimum absolute atomic E-state index is 0.0648. The molecule has 0 radical (unpaired) electrons. The number of rotatable bonds is 1. The van der Waals surface area contributed by atoms with Crippen LogP contribution in [0.5, 0.6) is 0 Å². The van der Waals surface area contributed by atoms with E-state index in [1.54, 1.807) is 18.2 Å². The maximum absolute atomic E-state index is 10.5. The Morgan fingerprint density at radius 2 is 1.60 bits per heavy atom. The van der Waals surface area contributed by atoms with Gasteiger partial charge in [0, 0.05) is 0 Å². The van der Waals surface area contributed by atoms with E-state index < -0.39 is 7.60 Å². The molecule has 84 valence electrons. The van der Waals surface area contributed by atoms with Crippen molar-refractivity contribution < 1.29 is 14.4 Å². The maximum atomic E-state index is 10.5. The van der Waals surface area contributed by atoms with Crippen LogP contribution in [0.3, 0.4) is 0 Å². The summed E-state index contributed by atoms with van der Waals surface area (Å²) in [4.78, 5) is 17.2. The molecule has 1 aromatic rings. The van der Waals surface area contributed by atoms with Crippen LogP contribution >= 0.6 is 7.60 Å². The highest BCUT2D eigenvalue weighted by atomic mass is 31.2. The van der Waals surface area contributed by atoms with Crippen LogP contribution in [0.1, 0.15) is 12.8 Å². The van der Waals surface area contributed by atoms with E-state index in [9.17, 15) is 4.57 Å². The lowest BCUT2D eigenvalue weighted by Gasteiger charge is -2.00. The van der Waals surface area contributed by atoms with E-state index in [1.807, 2.05) is 0 Å². The molecule has 1 saturated heterocycles. The van der Waals surface area contributed by atoms with Crippen molar-refractivity contribution in [3.63, 3.8) is 0 Å². The van der Waals surface area contributed by atoms with E-state index in [0.717, 1.165) is 0 Å². The average molecular weight is 229 g/mol. The third kappa shape index (κ3) is 5.09. The number of hydrogen-bond donors (Lipinski definition) is 3. The fourth-order valence-corrected chi connectivity index (χ4v) is 1.81. The maximum Gasteiger partial charge on any atom is 0.356 e. The molecule has 1 aliphatic heterocycles. The molecule has 0 aliphatic carbocycles. The molecule has 5 heteroatoms. The van der Waals surface area contributed by atoms with Crippen molar-refractivity contribution in [2.45, 2.75) is 12.8 Å². The fraction of sp³-hybridized carbons (Fsp3) is 0.400. The Bertz CT molecular complexity index is 311. The van der Waals surface area contributed by atoms with Crippen LogP contribution in [0.25, 0.3) is 0 Å². The van der Waals surface area contributed by atoms with Gasteiger partial charge in [0.1, 0.15) is 0 Å². The molecule has 1 aromatic carbocycles. The first-order valence-corrected chi connectivity index (χ1v) is 6.54. The summed E-state index contributed by atoms with van der Waals surface area (Å²) in [7, 11) is -4.02. The summed E-state index contributed by atoms with van der Waals surface area (Å²) in [6.07, 6.45) is 2.78. The highest BCUT2D eigenvalue weighted by Gasteiger charge is 2.14. The van der Waals surface area contributed by atoms with Crippen molar-refractivity contribution in [3.8, 4) is 0 Å². The second kappa shape index (κ2) is 6.03. The second-order valence-corrected chi connectivity index (χ2v) is 4.94. The van der Waals surface area contributed by atoms with Crippen molar-refractivity contribution in [3.05, 3.63) is 30.3 Å². The Morgan fingerprint density at radius 1 is 1.07 bits per heavy atom. The number of benzene rings is 1. The highest BCUT2D eigenvalue weighted by molar-refractivity contribution is 7.60. The van der Waals surface area contributed by atoms with Crippen LogP contribution in [0.15, 0.2) is 30.3 Å². The topological polar surface area (TPSA) is 69.6 Å². The molecular weight excluding hydrogens is 213 g/mol. The third-order valence-electron chi connectivity index (χ3n) is 2.05. The van der Waals surface area contributed by atoms with Gasteiger partial charge in [-0.1, -0.05) is 18.2 Å². The van der Waals surface area contributed by atoms with Crippen molar-refractivity contribution in [1.29, 1.82) is 0 Å². The zero-order chi connectivity index (χ0) is 11.1. The standard InChI is InChI=1S/C6H7O3P.C4H9N/c7-10(8,9)6-4-2-1-3-5-6;1-2-4-5-3-1/h1-5H,(H2,7,8,9);5H,1-4H2. The monoisotopic (exact) mass is 229 g/mol. The van der Waals surface area contributed by atoms with E-state index in [-0.39, 0.29) is 5.30 Å². The molecule has 0 bridgehead atoms. The lowest BCUT2D eigenvalue weighted by molar-refractivity contribution is 0.387. The lowest BCUT2D eigenvalue weighted by Crippen LogP contribution is -2.03. The zero-order valence-corrected chi connectivity index (χ0v) is 9.36. The molecule has 0 spiro atoms. The first-order valence-electron chi connectivity index (χ1n) is 4.92. The van der Waals surface area contributed by atoms with Crippen molar-refractivity contribution in [2.24, 2.45) is 0 Å². The van der Waals surface area contributed by atoms with Crippen molar-refractivity contribution in [1.82, 2.24) is 5.32 Å². The lowest BCUT2D eigenvalue weighted by atomic mass is 10.4. The zero-order valence-electron chi connectivity index (χ0n) is 8.47. The van der Waals surface area contributed by atoms with Gasteiger partial charge in [-0.05, 0) is 38.1 Å².